The van der Waals surface area contributed by atoms with Gasteiger partial charge in [0, 0.05) is 36.7 Å². The summed E-state index contributed by atoms with van der Waals surface area (Å²) in [6.07, 6.45) is 4.13. The smallest absolute Gasteiger partial charge is 0.253 e. The van der Waals surface area contributed by atoms with Gasteiger partial charge in [0.2, 0.25) is 0 Å². The minimum Gasteiger partial charge on any atom is -0.396 e. The molecule has 1 saturated heterocycles. The zero-order chi connectivity index (χ0) is 16.5. The topological polar surface area (TPSA) is 82.1 Å². The van der Waals surface area contributed by atoms with E-state index in [1.807, 2.05) is 29.2 Å². The molecule has 0 radical (unpaired) electrons. The number of rotatable bonds is 4. The van der Waals surface area contributed by atoms with Crippen LogP contribution in [0.1, 0.15) is 47.8 Å². The zero-order valence-electron chi connectivity index (χ0n) is 13.6. The molecule has 0 bridgehead atoms. The monoisotopic (exact) mass is 326 g/mol. The van der Waals surface area contributed by atoms with Crippen molar-refractivity contribution in [1.82, 2.24) is 20.1 Å². The number of hydrogen-bond donors (Lipinski definition) is 2. The van der Waals surface area contributed by atoms with Gasteiger partial charge in [0.15, 0.2) is 5.82 Å². The van der Waals surface area contributed by atoms with Crippen molar-refractivity contribution in [1.29, 1.82) is 0 Å². The summed E-state index contributed by atoms with van der Waals surface area (Å²) in [6.45, 7) is 1.66. The Kier molecular flexibility index (Phi) is 4.06. The third-order valence-corrected chi connectivity index (χ3v) is 5.02. The van der Waals surface area contributed by atoms with Crippen LogP contribution in [0.5, 0.6) is 0 Å². The molecule has 6 heteroatoms. The zero-order valence-corrected chi connectivity index (χ0v) is 13.6. The van der Waals surface area contributed by atoms with Crippen molar-refractivity contribution in [2.75, 3.05) is 19.7 Å². The summed E-state index contributed by atoms with van der Waals surface area (Å²) in [6, 6.07) is 7.52. The Bertz CT molecular complexity index is 713. The van der Waals surface area contributed by atoms with Gasteiger partial charge in [-0.25, -0.2) is 4.98 Å². The maximum atomic E-state index is 12.6. The van der Waals surface area contributed by atoms with Crippen LogP contribution >= 0.6 is 0 Å². The maximum absolute atomic E-state index is 12.6. The van der Waals surface area contributed by atoms with Crippen molar-refractivity contribution >= 4 is 5.91 Å². The highest BCUT2D eigenvalue weighted by atomic mass is 16.3. The van der Waals surface area contributed by atoms with Crippen LogP contribution in [0.25, 0.3) is 11.4 Å². The fourth-order valence-corrected chi connectivity index (χ4v) is 3.21. The first kappa shape index (κ1) is 15.3. The van der Waals surface area contributed by atoms with Crippen molar-refractivity contribution in [3.05, 3.63) is 35.7 Å². The number of carbonyl (C=O) groups excluding carboxylic acids is 1. The number of aromatic nitrogens is 3. The van der Waals surface area contributed by atoms with Crippen molar-refractivity contribution in [2.45, 2.75) is 31.6 Å². The molecule has 1 aromatic heterocycles. The highest BCUT2D eigenvalue weighted by Crippen LogP contribution is 2.38. The number of aliphatic hydroxyl groups is 1. The van der Waals surface area contributed by atoms with Gasteiger partial charge in [-0.1, -0.05) is 12.1 Å². The summed E-state index contributed by atoms with van der Waals surface area (Å²) in [5.74, 6) is 2.61. The van der Waals surface area contributed by atoms with E-state index in [0.717, 1.165) is 37.3 Å². The molecule has 1 aromatic carbocycles. The Labute approximate surface area is 140 Å². The van der Waals surface area contributed by atoms with Crippen molar-refractivity contribution < 1.29 is 9.90 Å². The summed E-state index contributed by atoms with van der Waals surface area (Å²) >= 11 is 0. The standard InChI is InChI=1S/C18H22N4O2/c23-11-12-7-9-22(10-8-12)18(24)15-5-3-14(4-6-15)17-19-16(20-21-17)13-1-2-13/h3-6,12-13,23H,1-2,7-11H2,(H,19,20,21). The molecule has 2 heterocycles. The molecule has 2 fully saturated rings. The van der Waals surface area contributed by atoms with Crippen LogP contribution in [-0.2, 0) is 0 Å². The number of carbonyl (C=O) groups is 1. The summed E-state index contributed by atoms with van der Waals surface area (Å²) in [7, 11) is 0. The van der Waals surface area contributed by atoms with Gasteiger partial charge in [0.1, 0.15) is 5.82 Å². The predicted octanol–water partition coefficient (Wildman–Crippen LogP) is 2.19. The van der Waals surface area contributed by atoms with E-state index in [2.05, 4.69) is 15.2 Å². The van der Waals surface area contributed by atoms with Crippen LogP contribution in [0, 0.1) is 5.92 Å². The molecule has 1 aliphatic heterocycles. The van der Waals surface area contributed by atoms with Crippen molar-refractivity contribution in [2.24, 2.45) is 5.92 Å². The second kappa shape index (κ2) is 6.36. The number of benzene rings is 1. The number of nitrogens with one attached hydrogen (secondary N) is 1. The summed E-state index contributed by atoms with van der Waals surface area (Å²) in [5.41, 5.74) is 1.62. The van der Waals surface area contributed by atoms with E-state index in [0.29, 0.717) is 23.2 Å². The van der Waals surface area contributed by atoms with E-state index in [4.69, 9.17) is 0 Å². The molecule has 2 aliphatic rings. The molecule has 0 spiro atoms. The molecule has 6 nitrogen and oxygen atoms in total. The lowest BCUT2D eigenvalue weighted by molar-refractivity contribution is 0.0651. The second-order valence-corrected chi connectivity index (χ2v) is 6.81. The fourth-order valence-electron chi connectivity index (χ4n) is 3.21. The Morgan fingerprint density at radius 3 is 2.50 bits per heavy atom. The molecule has 24 heavy (non-hydrogen) atoms. The number of H-pyrrole nitrogens is 1. The van der Waals surface area contributed by atoms with E-state index >= 15 is 0 Å². The fraction of sp³-hybridized carbons (Fsp3) is 0.500. The molecule has 2 aromatic rings. The highest BCUT2D eigenvalue weighted by molar-refractivity contribution is 5.94. The Morgan fingerprint density at radius 1 is 1.17 bits per heavy atom. The first-order valence-corrected chi connectivity index (χ1v) is 8.67. The third kappa shape index (κ3) is 3.06. The van der Waals surface area contributed by atoms with E-state index in [1.165, 1.54) is 12.8 Å². The molecule has 0 atom stereocenters. The SMILES string of the molecule is O=C(c1ccc(-c2n[nH]c(C3CC3)n2)cc1)N1CCC(CO)CC1. The molecule has 1 aliphatic carbocycles. The Balaban J connectivity index is 1.44. The van der Waals surface area contributed by atoms with Crippen molar-refractivity contribution in [3.63, 3.8) is 0 Å². The van der Waals surface area contributed by atoms with Crippen LogP contribution in [0.15, 0.2) is 24.3 Å². The average molecular weight is 326 g/mol. The van der Waals surface area contributed by atoms with Gasteiger partial charge in [0.05, 0.1) is 0 Å². The number of likely N-dealkylation sites (tertiary alicyclic amines) is 1. The van der Waals surface area contributed by atoms with Crippen LogP contribution in [-0.4, -0.2) is 50.8 Å². The Hall–Kier alpha value is -2.21. The third-order valence-electron chi connectivity index (χ3n) is 5.02. The van der Waals surface area contributed by atoms with Gasteiger partial charge in [-0.15, -0.1) is 0 Å². The van der Waals surface area contributed by atoms with Gasteiger partial charge in [-0.05, 0) is 43.7 Å². The lowest BCUT2D eigenvalue weighted by atomic mass is 9.97. The number of hydrogen-bond acceptors (Lipinski definition) is 4. The summed E-state index contributed by atoms with van der Waals surface area (Å²) in [5, 5.41) is 16.5. The predicted molar refractivity (Wildman–Crippen MR) is 89.5 cm³/mol. The molecule has 1 saturated carbocycles. The lowest BCUT2D eigenvalue weighted by Gasteiger charge is -2.31. The maximum Gasteiger partial charge on any atom is 0.253 e. The molecule has 126 valence electrons. The normalized spacial score (nSPS) is 18.8. The minimum absolute atomic E-state index is 0.0617. The summed E-state index contributed by atoms with van der Waals surface area (Å²) < 4.78 is 0. The van der Waals surface area contributed by atoms with Gasteiger partial charge in [0.25, 0.3) is 5.91 Å². The van der Waals surface area contributed by atoms with E-state index in [9.17, 15) is 9.90 Å². The number of piperidine rings is 1. The minimum atomic E-state index is 0.0617. The average Bonchev–Trinajstić information content (AvgIpc) is 3.38. The molecular formula is C18H22N4O2. The number of aromatic amines is 1. The quantitative estimate of drug-likeness (QED) is 0.902. The van der Waals surface area contributed by atoms with E-state index < -0.39 is 0 Å². The van der Waals surface area contributed by atoms with E-state index in [1.54, 1.807) is 0 Å². The van der Waals surface area contributed by atoms with Gasteiger partial charge in [-0.3, -0.25) is 9.89 Å². The first-order valence-electron chi connectivity index (χ1n) is 8.67. The van der Waals surface area contributed by atoms with Crippen LogP contribution in [0.2, 0.25) is 0 Å². The van der Waals surface area contributed by atoms with Gasteiger partial charge >= 0.3 is 0 Å². The van der Waals surface area contributed by atoms with Crippen LogP contribution in [0.3, 0.4) is 0 Å². The van der Waals surface area contributed by atoms with E-state index in [-0.39, 0.29) is 12.5 Å². The largest absolute Gasteiger partial charge is 0.396 e. The molecule has 0 unspecified atom stereocenters. The molecule has 4 rings (SSSR count). The molecule has 1 amide bonds. The molecule has 2 N–H and O–H groups in total. The van der Waals surface area contributed by atoms with Gasteiger partial charge in [-0.2, -0.15) is 5.10 Å². The number of aliphatic hydroxyl groups excluding tert-OH is 1. The summed E-state index contributed by atoms with van der Waals surface area (Å²) in [4.78, 5) is 19.0. The van der Waals surface area contributed by atoms with Crippen LogP contribution in [0.4, 0.5) is 0 Å². The van der Waals surface area contributed by atoms with Crippen LogP contribution < -0.4 is 0 Å². The second-order valence-electron chi connectivity index (χ2n) is 6.81. The first-order chi connectivity index (χ1) is 11.7. The Morgan fingerprint density at radius 2 is 1.88 bits per heavy atom. The van der Waals surface area contributed by atoms with Crippen molar-refractivity contribution in [3.8, 4) is 11.4 Å². The number of amides is 1. The number of nitrogens with zero attached hydrogens (tertiary/aromatic N) is 3. The molecular weight excluding hydrogens is 304 g/mol. The lowest BCUT2D eigenvalue weighted by Crippen LogP contribution is -2.39. The highest BCUT2D eigenvalue weighted by Gasteiger charge is 2.27. The van der Waals surface area contributed by atoms with Gasteiger partial charge < -0.3 is 10.0 Å².